The van der Waals surface area contributed by atoms with Crippen molar-refractivity contribution in [3.63, 3.8) is 0 Å². The molecule has 1 N–H and O–H groups in total. The van der Waals surface area contributed by atoms with E-state index in [0.717, 1.165) is 33.7 Å². The number of benzene rings is 1. The van der Waals surface area contributed by atoms with E-state index in [1.54, 1.807) is 0 Å². The van der Waals surface area contributed by atoms with Crippen LogP contribution >= 0.6 is 11.3 Å². The van der Waals surface area contributed by atoms with E-state index < -0.39 is 0 Å². The molecular weight excluding hydrogens is 344 g/mol. The average molecular weight is 371 g/mol. The van der Waals surface area contributed by atoms with Gasteiger partial charge in [-0.2, -0.15) is 0 Å². The van der Waals surface area contributed by atoms with Gasteiger partial charge in [-0.05, 0) is 86.8 Å². The molecule has 4 saturated carbocycles. The zero-order valence-electron chi connectivity index (χ0n) is 15.3. The smallest absolute Gasteiger partial charge is 0.226 e. The van der Waals surface area contributed by atoms with Gasteiger partial charge in [0.15, 0.2) is 5.13 Å². The Bertz CT molecular complexity index is 808. The number of ether oxygens (including phenoxy) is 1. The molecule has 1 aromatic heterocycles. The topological polar surface area (TPSA) is 51.2 Å². The van der Waals surface area contributed by atoms with Gasteiger partial charge in [-0.15, -0.1) is 0 Å². The number of amides is 1. The highest BCUT2D eigenvalue weighted by Gasteiger charge is 2.51. The molecule has 0 aliphatic heterocycles. The van der Waals surface area contributed by atoms with E-state index in [2.05, 4.69) is 10.3 Å². The maximum Gasteiger partial charge on any atom is 0.226 e. The van der Waals surface area contributed by atoms with Crippen LogP contribution in [0.4, 0.5) is 5.13 Å². The van der Waals surface area contributed by atoms with E-state index in [4.69, 9.17) is 4.74 Å². The van der Waals surface area contributed by atoms with Crippen LogP contribution in [0, 0.1) is 23.2 Å². The van der Waals surface area contributed by atoms with Crippen molar-refractivity contribution in [3.05, 3.63) is 18.2 Å². The molecule has 1 amide bonds. The van der Waals surface area contributed by atoms with Crippen LogP contribution in [0.25, 0.3) is 10.2 Å². The van der Waals surface area contributed by atoms with Crippen LogP contribution in [0.2, 0.25) is 0 Å². The molecule has 1 heterocycles. The van der Waals surface area contributed by atoms with E-state index >= 15 is 0 Å². The van der Waals surface area contributed by atoms with E-state index in [9.17, 15) is 4.79 Å². The third-order valence-electron chi connectivity index (χ3n) is 6.62. The van der Waals surface area contributed by atoms with E-state index in [1.807, 2.05) is 25.1 Å². The quantitative estimate of drug-likeness (QED) is 0.783. The fourth-order valence-electron chi connectivity index (χ4n) is 6.23. The number of anilines is 1. The second-order valence-corrected chi connectivity index (χ2v) is 9.75. The van der Waals surface area contributed by atoms with Gasteiger partial charge in [0.05, 0.1) is 16.8 Å². The number of hydrogen-bond acceptors (Lipinski definition) is 4. The summed E-state index contributed by atoms with van der Waals surface area (Å²) in [6.45, 7) is 2.63. The number of aromatic nitrogens is 1. The van der Waals surface area contributed by atoms with Crippen LogP contribution in [0.1, 0.15) is 51.9 Å². The summed E-state index contributed by atoms with van der Waals surface area (Å²) in [5.41, 5.74) is 1.20. The van der Waals surface area contributed by atoms with Gasteiger partial charge < -0.3 is 10.1 Å². The van der Waals surface area contributed by atoms with Crippen LogP contribution in [0.15, 0.2) is 18.2 Å². The minimum absolute atomic E-state index is 0.149. The summed E-state index contributed by atoms with van der Waals surface area (Å²) < 4.78 is 6.61. The molecule has 4 fully saturated rings. The standard InChI is InChI=1S/C21H26N2O2S/c1-2-25-16-3-4-17-18(8-16)26-20(22-17)23-19(24)12-21-9-13-5-14(10-21)7-15(6-13)11-21/h3-4,8,13-15H,2,5-7,9-12H2,1H3,(H,22,23,24). The summed E-state index contributed by atoms with van der Waals surface area (Å²) >= 11 is 1.53. The monoisotopic (exact) mass is 370 g/mol. The summed E-state index contributed by atoms with van der Waals surface area (Å²) in [7, 11) is 0. The first-order valence-electron chi connectivity index (χ1n) is 9.94. The summed E-state index contributed by atoms with van der Waals surface area (Å²) in [6.07, 6.45) is 8.73. The summed E-state index contributed by atoms with van der Waals surface area (Å²) in [6, 6.07) is 5.91. The molecule has 26 heavy (non-hydrogen) atoms. The van der Waals surface area contributed by atoms with Crippen molar-refractivity contribution < 1.29 is 9.53 Å². The zero-order valence-corrected chi connectivity index (χ0v) is 16.1. The molecule has 0 unspecified atom stereocenters. The second kappa shape index (κ2) is 6.22. The Morgan fingerprint density at radius 1 is 1.23 bits per heavy atom. The first kappa shape index (κ1) is 16.5. The Hall–Kier alpha value is -1.62. The molecule has 2 aromatic rings. The predicted octanol–water partition coefficient (Wildman–Crippen LogP) is 5.24. The van der Waals surface area contributed by atoms with Crippen molar-refractivity contribution in [2.24, 2.45) is 23.2 Å². The highest BCUT2D eigenvalue weighted by atomic mass is 32.1. The fraction of sp³-hybridized carbons (Fsp3) is 0.619. The third-order valence-corrected chi connectivity index (χ3v) is 7.55. The lowest BCUT2D eigenvalue weighted by atomic mass is 9.49. The summed E-state index contributed by atoms with van der Waals surface area (Å²) in [5, 5.41) is 3.80. The SMILES string of the molecule is CCOc1ccc2nc(NC(=O)CC34CC5CC(CC(C5)C3)C4)sc2c1. The first-order chi connectivity index (χ1) is 12.6. The molecule has 4 aliphatic carbocycles. The molecule has 6 rings (SSSR count). The molecule has 138 valence electrons. The number of carbonyl (C=O) groups is 1. The fourth-order valence-corrected chi connectivity index (χ4v) is 7.14. The molecule has 0 spiro atoms. The minimum atomic E-state index is 0.149. The van der Waals surface area contributed by atoms with Gasteiger partial charge in [-0.3, -0.25) is 4.79 Å². The molecule has 5 heteroatoms. The van der Waals surface area contributed by atoms with E-state index in [1.165, 1.54) is 49.9 Å². The van der Waals surface area contributed by atoms with Crippen molar-refractivity contribution >= 4 is 32.6 Å². The summed E-state index contributed by atoms with van der Waals surface area (Å²) in [5.74, 6) is 3.65. The maximum absolute atomic E-state index is 12.8. The minimum Gasteiger partial charge on any atom is -0.494 e. The normalized spacial score (nSPS) is 32.1. The van der Waals surface area contributed by atoms with E-state index in [-0.39, 0.29) is 11.3 Å². The number of fused-ring (bicyclic) bond motifs is 1. The molecular formula is C21H26N2O2S. The molecule has 4 aliphatic rings. The Balaban J connectivity index is 1.29. The van der Waals surface area contributed by atoms with Crippen LogP contribution in [0.5, 0.6) is 5.75 Å². The Labute approximate surface area is 158 Å². The van der Waals surface area contributed by atoms with Gasteiger partial charge in [0.1, 0.15) is 5.75 Å². The molecule has 1 aromatic carbocycles. The van der Waals surface area contributed by atoms with Gasteiger partial charge in [0.25, 0.3) is 0 Å². The van der Waals surface area contributed by atoms with Crippen molar-refractivity contribution in [2.75, 3.05) is 11.9 Å². The van der Waals surface area contributed by atoms with Gasteiger partial charge in [-0.25, -0.2) is 4.98 Å². The second-order valence-electron chi connectivity index (χ2n) is 8.72. The van der Waals surface area contributed by atoms with Crippen LogP contribution in [-0.4, -0.2) is 17.5 Å². The molecule has 4 bridgehead atoms. The lowest BCUT2D eigenvalue weighted by molar-refractivity contribution is -0.124. The Morgan fingerprint density at radius 2 is 1.92 bits per heavy atom. The number of nitrogens with zero attached hydrogens (tertiary/aromatic N) is 1. The largest absolute Gasteiger partial charge is 0.494 e. The number of nitrogens with one attached hydrogen (secondary N) is 1. The number of carbonyl (C=O) groups excluding carboxylic acids is 1. The third kappa shape index (κ3) is 3.00. The number of thiazole rings is 1. The predicted molar refractivity (Wildman–Crippen MR) is 105 cm³/mol. The average Bonchev–Trinajstić information content (AvgIpc) is 2.94. The lowest BCUT2D eigenvalue weighted by Gasteiger charge is -2.56. The van der Waals surface area contributed by atoms with Gasteiger partial charge in [-0.1, -0.05) is 11.3 Å². The summed E-state index contributed by atoms with van der Waals surface area (Å²) in [4.78, 5) is 17.4. The maximum atomic E-state index is 12.8. The van der Waals surface area contributed by atoms with Crippen LogP contribution in [-0.2, 0) is 4.79 Å². The Morgan fingerprint density at radius 3 is 2.58 bits per heavy atom. The molecule has 4 nitrogen and oxygen atoms in total. The van der Waals surface area contributed by atoms with Crippen molar-refractivity contribution in [1.29, 1.82) is 0 Å². The molecule has 0 saturated heterocycles. The lowest BCUT2D eigenvalue weighted by Crippen LogP contribution is -2.47. The number of hydrogen-bond donors (Lipinski definition) is 1. The van der Waals surface area contributed by atoms with Gasteiger partial charge in [0.2, 0.25) is 5.91 Å². The van der Waals surface area contributed by atoms with Gasteiger partial charge >= 0.3 is 0 Å². The highest BCUT2D eigenvalue weighted by Crippen LogP contribution is 2.61. The van der Waals surface area contributed by atoms with Crippen LogP contribution < -0.4 is 10.1 Å². The molecule has 0 atom stereocenters. The highest BCUT2D eigenvalue weighted by molar-refractivity contribution is 7.22. The van der Waals surface area contributed by atoms with Crippen molar-refractivity contribution in [3.8, 4) is 5.75 Å². The first-order valence-corrected chi connectivity index (χ1v) is 10.8. The molecule has 0 radical (unpaired) electrons. The van der Waals surface area contributed by atoms with Crippen LogP contribution in [0.3, 0.4) is 0 Å². The van der Waals surface area contributed by atoms with Crippen molar-refractivity contribution in [1.82, 2.24) is 4.98 Å². The van der Waals surface area contributed by atoms with E-state index in [0.29, 0.717) is 18.2 Å². The van der Waals surface area contributed by atoms with Gasteiger partial charge in [0, 0.05) is 6.42 Å². The number of rotatable bonds is 5. The van der Waals surface area contributed by atoms with Crippen molar-refractivity contribution in [2.45, 2.75) is 51.9 Å². The Kier molecular flexibility index (Phi) is 3.96. The zero-order chi connectivity index (χ0) is 17.7.